The third-order valence-electron chi connectivity index (χ3n) is 3.40. The molecular weight excluding hydrogens is 238 g/mol. The van der Waals surface area contributed by atoms with Crippen LogP contribution < -0.4 is 5.32 Å². The molecule has 4 heteroatoms. The minimum absolute atomic E-state index is 0.135. The van der Waals surface area contributed by atoms with E-state index in [-0.39, 0.29) is 6.29 Å². The van der Waals surface area contributed by atoms with Crippen LogP contribution in [-0.2, 0) is 22.7 Å². The van der Waals surface area contributed by atoms with Gasteiger partial charge in [0.2, 0.25) is 0 Å². The van der Waals surface area contributed by atoms with Gasteiger partial charge in [-0.05, 0) is 42.6 Å². The summed E-state index contributed by atoms with van der Waals surface area (Å²) in [6.07, 6.45) is 2.19. The van der Waals surface area contributed by atoms with Crippen molar-refractivity contribution in [1.82, 2.24) is 5.32 Å². The Morgan fingerprint density at radius 3 is 2.76 bits per heavy atom. The largest absolute Gasteiger partial charge is 0.346 e. The molecule has 1 N–H and O–H groups in total. The van der Waals surface area contributed by atoms with Crippen molar-refractivity contribution >= 4 is 11.6 Å². The smallest absolute Gasteiger partial charge is 0.173 e. The van der Waals surface area contributed by atoms with Gasteiger partial charge in [-0.25, -0.2) is 0 Å². The highest BCUT2D eigenvalue weighted by atomic mass is 35.5. The van der Waals surface area contributed by atoms with Crippen molar-refractivity contribution in [2.45, 2.75) is 38.4 Å². The molecule has 0 aromatic heterocycles. The second-order valence-electron chi connectivity index (χ2n) is 4.61. The number of ether oxygens (including phenoxy) is 2. The van der Waals surface area contributed by atoms with E-state index in [0.717, 1.165) is 23.6 Å². The van der Waals surface area contributed by atoms with Gasteiger partial charge in [0.15, 0.2) is 6.29 Å². The fourth-order valence-corrected chi connectivity index (χ4v) is 2.63. The molecule has 0 aliphatic carbocycles. The summed E-state index contributed by atoms with van der Waals surface area (Å²) in [5.41, 5.74) is 2.31. The molecular formula is C13H16ClNO2. The number of nitrogens with one attached hydrogen (secondary N) is 1. The number of hydrogen-bond acceptors (Lipinski definition) is 3. The molecule has 1 aromatic carbocycles. The lowest BCUT2D eigenvalue weighted by molar-refractivity contribution is -0.163. The van der Waals surface area contributed by atoms with E-state index in [9.17, 15) is 0 Å². The fourth-order valence-electron chi connectivity index (χ4n) is 2.44. The molecule has 0 spiro atoms. The van der Waals surface area contributed by atoms with Crippen LogP contribution in [0.2, 0.25) is 5.02 Å². The van der Waals surface area contributed by atoms with Crippen molar-refractivity contribution in [2.75, 3.05) is 6.54 Å². The standard InChI is InChI=1S/C13H16ClNO2/c14-11-4-3-9-7-16-13(12-2-1-5-15-12)17-8-10(9)6-11/h3-4,6,12-13,15H,1-2,5,7-8H2. The predicted octanol–water partition coefficient (Wildman–Crippen LogP) is 2.46. The first-order valence-electron chi connectivity index (χ1n) is 6.07. The van der Waals surface area contributed by atoms with Gasteiger partial charge < -0.3 is 14.8 Å². The zero-order valence-corrected chi connectivity index (χ0v) is 10.4. The normalized spacial score (nSPS) is 28.8. The Kier molecular flexibility index (Phi) is 3.34. The topological polar surface area (TPSA) is 30.5 Å². The minimum atomic E-state index is -0.135. The van der Waals surface area contributed by atoms with Gasteiger partial charge in [0.25, 0.3) is 0 Å². The number of rotatable bonds is 1. The summed E-state index contributed by atoms with van der Waals surface area (Å²) in [5, 5.41) is 4.17. The number of hydrogen-bond donors (Lipinski definition) is 1. The van der Waals surface area contributed by atoms with Gasteiger partial charge in [0.1, 0.15) is 0 Å². The molecule has 0 saturated carbocycles. The van der Waals surface area contributed by atoms with Crippen molar-refractivity contribution in [3.05, 3.63) is 34.3 Å². The number of benzene rings is 1. The first-order chi connectivity index (χ1) is 8.33. The van der Waals surface area contributed by atoms with Crippen molar-refractivity contribution in [3.63, 3.8) is 0 Å². The first-order valence-corrected chi connectivity index (χ1v) is 6.44. The minimum Gasteiger partial charge on any atom is -0.346 e. The highest BCUT2D eigenvalue weighted by molar-refractivity contribution is 6.30. The average Bonchev–Trinajstić information content (AvgIpc) is 2.77. The van der Waals surface area contributed by atoms with E-state index in [1.54, 1.807) is 0 Å². The van der Waals surface area contributed by atoms with Crippen LogP contribution >= 0.6 is 11.6 Å². The molecule has 17 heavy (non-hydrogen) atoms. The molecule has 2 unspecified atom stereocenters. The van der Waals surface area contributed by atoms with E-state index in [1.165, 1.54) is 12.0 Å². The Bertz CT molecular complexity index is 404. The quantitative estimate of drug-likeness (QED) is 0.834. The highest BCUT2D eigenvalue weighted by Gasteiger charge is 2.28. The Morgan fingerprint density at radius 1 is 1.18 bits per heavy atom. The summed E-state index contributed by atoms with van der Waals surface area (Å²) in [6, 6.07) is 6.22. The van der Waals surface area contributed by atoms with E-state index >= 15 is 0 Å². The number of halogens is 1. The maximum atomic E-state index is 5.98. The zero-order valence-electron chi connectivity index (χ0n) is 9.62. The first kappa shape index (κ1) is 11.5. The van der Waals surface area contributed by atoms with Crippen molar-refractivity contribution in [3.8, 4) is 0 Å². The third kappa shape index (κ3) is 2.47. The lowest BCUT2D eigenvalue weighted by Crippen LogP contribution is -2.37. The van der Waals surface area contributed by atoms with Gasteiger partial charge in [-0.15, -0.1) is 0 Å². The summed E-state index contributed by atoms with van der Waals surface area (Å²) >= 11 is 5.98. The van der Waals surface area contributed by atoms with Crippen LogP contribution in [0.15, 0.2) is 18.2 Å². The SMILES string of the molecule is Clc1ccc2c(c1)COC(C1CCCN1)OC2. The van der Waals surface area contributed by atoms with Gasteiger partial charge in [0.05, 0.1) is 19.3 Å². The lowest BCUT2D eigenvalue weighted by atomic mass is 10.1. The Morgan fingerprint density at radius 2 is 2.00 bits per heavy atom. The Balaban J connectivity index is 1.74. The van der Waals surface area contributed by atoms with E-state index < -0.39 is 0 Å². The summed E-state index contributed by atoms with van der Waals surface area (Å²) in [5.74, 6) is 0. The average molecular weight is 254 g/mol. The third-order valence-corrected chi connectivity index (χ3v) is 3.64. The maximum Gasteiger partial charge on any atom is 0.173 e. The molecule has 2 heterocycles. The molecule has 92 valence electrons. The molecule has 0 radical (unpaired) electrons. The van der Waals surface area contributed by atoms with Crippen LogP contribution in [0, 0.1) is 0 Å². The summed E-state index contributed by atoms with van der Waals surface area (Å²) < 4.78 is 11.7. The zero-order chi connectivity index (χ0) is 11.7. The Hall–Kier alpha value is -0.610. The van der Waals surface area contributed by atoms with Gasteiger partial charge >= 0.3 is 0 Å². The molecule has 2 aliphatic heterocycles. The van der Waals surface area contributed by atoms with Crippen LogP contribution in [0.25, 0.3) is 0 Å². The molecule has 1 aromatic rings. The van der Waals surface area contributed by atoms with Crippen LogP contribution in [0.3, 0.4) is 0 Å². The van der Waals surface area contributed by atoms with Crippen LogP contribution in [0.1, 0.15) is 24.0 Å². The van der Waals surface area contributed by atoms with Gasteiger partial charge in [0, 0.05) is 5.02 Å². The van der Waals surface area contributed by atoms with E-state index in [2.05, 4.69) is 5.32 Å². The summed E-state index contributed by atoms with van der Waals surface area (Å²) in [7, 11) is 0. The fraction of sp³-hybridized carbons (Fsp3) is 0.538. The predicted molar refractivity (Wildman–Crippen MR) is 65.8 cm³/mol. The van der Waals surface area contributed by atoms with E-state index in [0.29, 0.717) is 19.3 Å². The van der Waals surface area contributed by atoms with Gasteiger partial charge in [-0.1, -0.05) is 17.7 Å². The van der Waals surface area contributed by atoms with E-state index in [1.807, 2.05) is 18.2 Å². The molecule has 0 amide bonds. The van der Waals surface area contributed by atoms with E-state index in [4.69, 9.17) is 21.1 Å². The highest BCUT2D eigenvalue weighted by Crippen LogP contribution is 2.24. The van der Waals surface area contributed by atoms with Gasteiger partial charge in [-0.2, -0.15) is 0 Å². The maximum absolute atomic E-state index is 5.98. The second kappa shape index (κ2) is 4.94. The molecule has 0 bridgehead atoms. The Labute approximate surface area is 106 Å². The summed E-state index contributed by atoms with van der Waals surface area (Å²) in [6.45, 7) is 2.25. The van der Waals surface area contributed by atoms with Crippen molar-refractivity contribution in [2.24, 2.45) is 0 Å². The summed E-state index contributed by atoms with van der Waals surface area (Å²) in [4.78, 5) is 0. The van der Waals surface area contributed by atoms with Crippen LogP contribution in [-0.4, -0.2) is 18.9 Å². The van der Waals surface area contributed by atoms with Crippen LogP contribution in [0.5, 0.6) is 0 Å². The van der Waals surface area contributed by atoms with Crippen LogP contribution in [0.4, 0.5) is 0 Å². The molecule has 2 aliphatic rings. The molecule has 3 rings (SSSR count). The molecule has 3 nitrogen and oxygen atoms in total. The monoisotopic (exact) mass is 253 g/mol. The van der Waals surface area contributed by atoms with Crippen molar-refractivity contribution in [1.29, 1.82) is 0 Å². The second-order valence-corrected chi connectivity index (χ2v) is 5.04. The lowest BCUT2D eigenvalue weighted by Gasteiger charge is -2.21. The number of fused-ring (bicyclic) bond motifs is 1. The van der Waals surface area contributed by atoms with Crippen molar-refractivity contribution < 1.29 is 9.47 Å². The molecule has 1 saturated heterocycles. The van der Waals surface area contributed by atoms with Gasteiger partial charge in [-0.3, -0.25) is 0 Å². The molecule has 1 fully saturated rings. The molecule has 2 atom stereocenters.